The molecule has 0 aliphatic carbocycles. The number of hydrogen-bond acceptors (Lipinski definition) is 4. The molecule has 4 nitrogen and oxygen atoms in total. The van der Waals surface area contributed by atoms with Crippen LogP contribution < -0.4 is 15.0 Å². The molecule has 2 heterocycles. The summed E-state index contributed by atoms with van der Waals surface area (Å²) < 4.78 is 5.75. The maximum atomic E-state index is 5.75. The summed E-state index contributed by atoms with van der Waals surface area (Å²) in [4.78, 5) is 7.02. The molecule has 0 bridgehead atoms. The minimum absolute atomic E-state index is 0.469. The Labute approximate surface area is 122 Å². The van der Waals surface area contributed by atoms with Crippen LogP contribution in [-0.4, -0.2) is 36.8 Å². The van der Waals surface area contributed by atoms with Crippen molar-refractivity contribution in [2.24, 2.45) is 0 Å². The molecule has 1 saturated heterocycles. The summed E-state index contributed by atoms with van der Waals surface area (Å²) in [5, 5.41) is 3.56. The fourth-order valence-corrected chi connectivity index (χ4v) is 3.06. The van der Waals surface area contributed by atoms with E-state index < -0.39 is 0 Å². The van der Waals surface area contributed by atoms with Crippen LogP contribution in [0.4, 0.5) is 5.82 Å². The first kappa shape index (κ1) is 15.1. The molecule has 1 aliphatic rings. The number of pyridine rings is 1. The van der Waals surface area contributed by atoms with E-state index in [4.69, 9.17) is 4.74 Å². The van der Waals surface area contributed by atoms with Crippen molar-refractivity contribution in [2.75, 3.05) is 24.6 Å². The fourth-order valence-electron chi connectivity index (χ4n) is 3.06. The number of anilines is 1. The highest BCUT2D eigenvalue weighted by Crippen LogP contribution is 2.31. The zero-order valence-electron chi connectivity index (χ0n) is 12.9. The molecule has 0 aromatic carbocycles. The van der Waals surface area contributed by atoms with Gasteiger partial charge in [0, 0.05) is 24.8 Å². The summed E-state index contributed by atoms with van der Waals surface area (Å²) in [6, 6.07) is 4.94. The van der Waals surface area contributed by atoms with Crippen LogP contribution in [0.25, 0.3) is 0 Å². The number of likely N-dealkylation sites (N-methyl/N-ethyl adjacent to an activating group) is 1. The van der Waals surface area contributed by atoms with Crippen molar-refractivity contribution in [3.05, 3.63) is 18.3 Å². The molecule has 4 heteroatoms. The summed E-state index contributed by atoms with van der Waals surface area (Å²) in [5.41, 5.74) is 0. The summed E-state index contributed by atoms with van der Waals surface area (Å²) in [7, 11) is 0. The van der Waals surface area contributed by atoms with Gasteiger partial charge in [-0.3, -0.25) is 0 Å². The molecule has 1 fully saturated rings. The lowest BCUT2D eigenvalue weighted by atomic mass is 9.96. The summed E-state index contributed by atoms with van der Waals surface area (Å²) >= 11 is 0. The van der Waals surface area contributed by atoms with E-state index >= 15 is 0 Å². The predicted octanol–water partition coefficient (Wildman–Crippen LogP) is 2.84. The molecule has 0 saturated carbocycles. The minimum atomic E-state index is 0.469. The van der Waals surface area contributed by atoms with Gasteiger partial charge in [-0.1, -0.05) is 6.92 Å². The number of ether oxygens (including phenoxy) is 1. The topological polar surface area (TPSA) is 37.4 Å². The number of hydrogen-bond donors (Lipinski definition) is 1. The Morgan fingerprint density at radius 1 is 1.45 bits per heavy atom. The van der Waals surface area contributed by atoms with Gasteiger partial charge < -0.3 is 15.0 Å². The van der Waals surface area contributed by atoms with Crippen molar-refractivity contribution in [1.82, 2.24) is 10.3 Å². The van der Waals surface area contributed by atoms with Gasteiger partial charge in [-0.05, 0) is 51.8 Å². The van der Waals surface area contributed by atoms with Gasteiger partial charge in [0.05, 0.1) is 6.61 Å². The minimum Gasteiger partial charge on any atom is -0.490 e. The van der Waals surface area contributed by atoms with Gasteiger partial charge in [0.15, 0.2) is 11.6 Å². The van der Waals surface area contributed by atoms with Crippen LogP contribution in [0.2, 0.25) is 0 Å². The molecule has 2 unspecified atom stereocenters. The van der Waals surface area contributed by atoms with Crippen molar-refractivity contribution in [1.29, 1.82) is 0 Å². The van der Waals surface area contributed by atoms with Crippen molar-refractivity contribution in [2.45, 2.75) is 52.1 Å². The standard InChI is InChI=1S/C16H27N3O/c1-4-17-13(3)14-9-6-7-12-19(14)16-15(20-5-2)10-8-11-18-16/h8,10-11,13-14,17H,4-7,9,12H2,1-3H3. The normalized spacial score (nSPS) is 20.8. The summed E-state index contributed by atoms with van der Waals surface area (Å²) in [5.74, 6) is 1.91. The molecule has 1 N–H and O–H groups in total. The van der Waals surface area contributed by atoms with E-state index in [1.165, 1.54) is 19.3 Å². The summed E-state index contributed by atoms with van der Waals surface area (Å²) in [6.45, 7) is 9.21. The Balaban J connectivity index is 2.23. The van der Waals surface area contributed by atoms with Gasteiger partial charge in [-0.25, -0.2) is 4.98 Å². The Bertz CT molecular complexity index is 410. The lowest BCUT2D eigenvalue weighted by molar-refractivity contribution is 0.329. The van der Waals surface area contributed by atoms with E-state index in [1.807, 2.05) is 25.3 Å². The highest BCUT2D eigenvalue weighted by atomic mass is 16.5. The third-order valence-corrected chi connectivity index (χ3v) is 3.98. The van der Waals surface area contributed by atoms with Crippen LogP contribution in [0.15, 0.2) is 18.3 Å². The van der Waals surface area contributed by atoms with E-state index in [0.717, 1.165) is 24.7 Å². The maximum Gasteiger partial charge on any atom is 0.171 e. The Hall–Kier alpha value is -1.29. The third-order valence-electron chi connectivity index (χ3n) is 3.98. The van der Waals surface area contributed by atoms with E-state index in [9.17, 15) is 0 Å². The van der Waals surface area contributed by atoms with Crippen molar-refractivity contribution < 1.29 is 4.74 Å². The smallest absolute Gasteiger partial charge is 0.171 e. The van der Waals surface area contributed by atoms with Gasteiger partial charge in [-0.2, -0.15) is 0 Å². The molecule has 1 aliphatic heterocycles. The number of nitrogens with zero attached hydrogens (tertiary/aromatic N) is 2. The van der Waals surface area contributed by atoms with Crippen molar-refractivity contribution in [3.8, 4) is 5.75 Å². The first-order valence-corrected chi connectivity index (χ1v) is 7.85. The maximum absolute atomic E-state index is 5.75. The van der Waals surface area contributed by atoms with Crippen molar-refractivity contribution in [3.63, 3.8) is 0 Å². The molecule has 1 aromatic heterocycles. The predicted molar refractivity (Wildman–Crippen MR) is 83.5 cm³/mol. The van der Waals surface area contributed by atoms with E-state index in [2.05, 4.69) is 29.0 Å². The Kier molecular flexibility index (Phi) is 5.65. The average molecular weight is 277 g/mol. The molecular formula is C16H27N3O. The van der Waals surface area contributed by atoms with Gasteiger partial charge >= 0.3 is 0 Å². The molecule has 0 radical (unpaired) electrons. The van der Waals surface area contributed by atoms with Gasteiger partial charge in [0.1, 0.15) is 0 Å². The molecule has 2 rings (SSSR count). The number of aromatic nitrogens is 1. The zero-order valence-corrected chi connectivity index (χ0v) is 12.9. The quantitative estimate of drug-likeness (QED) is 0.867. The summed E-state index contributed by atoms with van der Waals surface area (Å²) in [6.07, 6.45) is 5.61. The van der Waals surface area contributed by atoms with Crippen LogP contribution >= 0.6 is 0 Å². The van der Waals surface area contributed by atoms with Crippen LogP contribution in [0, 0.1) is 0 Å². The monoisotopic (exact) mass is 277 g/mol. The van der Waals surface area contributed by atoms with Crippen LogP contribution in [-0.2, 0) is 0 Å². The van der Waals surface area contributed by atoms with Crippen LogP contribution in [0.1, 0.15) is 40.0 Å². The molecule has 0 amide bonds. The molecule has 2 atom stereocenters. The lowest BCUT2D eigenvalue weighted by Gasteiger charge is -2.40. The average Bonchev–Trinajstić information content (AvgIpc) is 2.48. The SMILES string of the molecule is CCNC(C)C1CCCCN1c1ncccc1OCC. The van der Waals surface area contributed by atoms with E-state index in [0.29, 0.717) is 18.7 Å². The number of nitrogens with one attached hydrogen (secondary N) is 1. The van der Waals surface area contributed by atoms with Gasteiger partial charge in [0.25, 0.3) is 0 Å². The second-order valence-corrected chi connectivity index (χ2v) is 5.36. The molecule has 0 spiro atoms. The largest absolute Gasteiger partial charge is 0.490 e. The van der Waals surface area contributed by atoms with E-state index in [-0.39, 0.29) is 0 Å². The van der Waals surface area contributed by atoms with Gasteiger partial charge in [0.2, 0.25) is 0 Å². The third kappa shape index (κ3) is 3.42. The van der Waals surface area contributed by atoms with Gasteiger partial charge in [-0.15, -0.1) is 0 Å². The highest BCUT2D eigenvalue weighted by Gasteiger charge is 2.29. The highest BCUT2D eigenvalue weighted by molar-refractivity contribution is 5.53. The first-order valence-electron chi connectivity index (χ1n) is 7.85. The van der Waals surface area contributed by atoms with E-state index in [1.54, 1.807) is 0 Å². The lowest BCUT2D eigenvalue weighted by Crippen LogP contribution is -2.51. The first-order chi connectivity index (χ1) is 9.77. The van der Waals surface area contributed by atoms with Crippen molar-refractivity contribution >= 4 is 5.82 Å². The van der Waals surface area contributed by atoms with Crippen LogP contribution in [0.5, 0.6) is 5.75 Å². The van der Waals surface area contributed by atoms with Crippen LogP contribution in [0.3, 0.4) is 0 Å². The molecule has 112 valence electrons. The Morgan fingerprint density at radius 3 is 3.05 bits per heavy atom. The fraction of sp³-hybridized carbons (Fsp3) is 0.688. The molecule has 1 aromatic rings. The number of piperidine rings is 1. The zero-order chi connectivity index (χ0) is 14.4. The Morgan fingerprint density at radius 2 is 2.30 bits per heavy atom. The second kappa shape index (κ2) is 7.48. The molecular weight excluding hydrogens is 250 g/mol. The molecule has 20 heavy (non-hydrogen) atoms. The number of rotatable bonds is 6. The second-order valence-electron chi connectivity index (χ2n) is 5.36.